The number of halogens is 1. The van der Waals surface area contributed by atoms with Gasteiger partial charge in [0.1, 0.15) is 17.0 Å². The van der Waals surface area contributed by atoms with Gasteiger partial charge in [0.2, 0.25) is 0 Å². The van der Waals surface area contributed by atoms with E-state index in [-0.39, 0.29) is 17.6 Å². The van der Waals surface area contributed by atoms with Gasteiger partial charge in [0.05, 0.1) is 10.6 Å². The van der Waals surface area contributed by atoms with Crippen LogP contribution in [0.5, 0.6) is 0 Å². The molecule has 1 fully saturated rings. The zero-order chi connectivity index (χ0) is 18.4. The van der Waals surface area contributed by atoms with Crippen molar-refractivity contribution in [3.05, 3.63) is 59.3 Å². The highest BCUT2D eigenvalue weighted by molar-refractivity contribution is 7.17. The van der Waals surface area contributed by atoms with Crippen LogP contribution in [0.4, 0.5) is 4.39 Å². The second kappa shape index (κ2) is 6.42. The van der Waals surface area contributed by atoms with E-state index in [1.54, 1.807) is 12.3 Å². The van der Waals surface area contributed by atoms with E-state index in [4.69, 9.17) is 4.42 Å². The number of thiophene rings is 1. The molecule has 1 amide bonds. The second-order valence-corrected chi connectivity index (χ2v) is 7.67. The number of carbonyl (C=O) groups excluding carboxylic acids is 1. The molecule has 0 spiro atoms. The van der Waals surface area contributed by atoms with Crippen molar-refractivity contribution in [3.63, 3.8) is 0 Å². The van der Waals surface area contributed by atoms with Crippen LogP contribution in [0.25, 0.3) is 21.2 Å². The highest BCUT2D eigenvalue weighted by Gasteiger charge is 2.30. The normalized spacial score (nSPS) is 17.7. The Morgan fingerprint density at radius 2 is 2.22 bits per heavy atom. The summed E-state index contributed by atoms with van der Waals surface area (Å²) >= 11 is 1.53. The molecule has 5 nitrogen and oxygen atoms in total. The molecule has 1 aliphatic heterocycles. The van der Waals surface area contributed by atoms with E-state index >= 15 is 0 Å². The minimum absolute atomic E-state index is 0.000648. The topological polar surface area (TPSA) is 59.2 Å². The van der Waals surface area contributed by atoms with Gasteiger partial charge >= 0.3 is 0 Å². The number of hydrogen-bond donors (Lipinski definition) is 0. The smallest absolute Gasteiger partial charge is 0.273 e. The van der Waals surface area contributed by atoms with Crippen LogP contribution >= 0.6 is 11.3 Å². The molecule has 0 radical (unpaired) electrons. The van der Waals surface area contributed by atoms with Crippen molar-refractivity contribution in [2.75, 3.05) is 13.1 Å². The van der Waals surface area contributed by atoms with E-state index in [0.29, 0.717) is 35.8 Å². The third kappa shape index (κ3) is 2.88. The van der Waals surface area contributed by atoms with Crippen molar-refractivity contribution in [2.45, 2.75) is 18.8 Å². The lowest BCUT2D eigenvalue weighted by Crippen LogP contribution is -2.39. The lowest BCUT2D eigenvalue weighted by atomic mass is 9.97. The quantitative estimate of drug-likeness (QED) is 0.509. The van der Waals surface area contributed by atoms with Gasteiger partial charge in [-0.3, -0.25) is 4.79 Å². The van der Waals surface area contributed by atoms with Gasteiger partial charge in [-0.2, -0.15) is 0 Å². The van der Waals surface area contributed by atoms with Crippen molar-refractivity contribution in [2.24, 2.45) is 0 Å². The van der Waals surface area contributed by atoms with E-state index in [9.17, 15) is 9.18 Å². The van der Waals surface area contributed by atoms with E-state index < -0.39 is 0 Å². The highest BCUT2D eigenvalue weighted by Crippen LogP contribution is 2.31. The van der Waals surface area contributed by atoms with Crippen molar-refractivity contribution in [1.29, 1.82) is 0 Å². The van der Waals surface area contributed by atoms with Crippen molar-refractivity contribution >= 4 is 38.4 Å². The molecule has 5 rings (SSSR count). The van der Waals surface area contributed by atoms with Gasteiger partial charge in [0.25, 0.3) is 5.91 Å². The summed E-state index contributed by atoms with van der Waals surface area (Å²) in [6.45, 7) is 1.21. The first-order valence-electron chi connectivity index (χ1n) is 8.86. The minimum Gasteiger partial charge on any atom is -0.440 e. The van der Waals surface area contributed by atoms with Gasteiger partial charge in [-0.05, 0) is 47.9 Å². The van der Waals surface area contributed by atoms with Crippen LogP contribution in [-0.2, 0) is 0 Å². The van der Waals surface area contributed by atoms with E-state index in [1.165, 1.54) is 23.5 Å². The summed E-state index contributed by atoms with van der Waals surface area (Å²) in [6.07, 6.45) is 3.43. The lowest BCUT2D eigenvalue weighted by molar-refractivity contribution is 0.0695. The number of benzene rings is 1. The van der Waals surface area contributed by atoms with Gasteiger partial charge in [0.15, 0.2) is 11.5 Å². The molecule has 0 aliphatic carbocycles. The third-order valence-electron chi connectivity index (χ3n) is 5.00. The van der Waals surface area contributed by atoms with Crippen LogP contribution in [0.15, 0.2) is 46.3 Å². The van der Waals surface area contributed by atoms with Crippen LogP contribution in [0.2, 0.25) is 0 Å². The maximum Gasteiger partial charge on any atom is 0.273 e. The largest absolute Gasteiger partial charge is 0.440 e. The van der Waals surface area contributed by atoms with Crippen LogP contribution in [0.1, 0.15) is 35.1 Å². The summed E-state index contributed by atoms with van der Waals surface area (Å²) in [4.78, 5) is 23.7. The Labute approximate surface area is 158 Å². The predicted molar refractivity (Wildman–Crippen MR) is 101 cm³/mol. The Hall–Kier alpha value is -2.80. The number of oxazole rings is 1. The zero-order valence-electron chi connectivity index (χ0n) is 14.4. The van der Waals surface area contributed by atoms with Crippen molar-refractivity contribution < 1.29 is 13.6 Å². The molecule has 7 heteroatoms. The van der Waals surface area contributed by atoms with Crippen LogP contribution in [0.3, 0.4) is 0 Å². The Bertz CT molecular complexity index is 1150. The first-order valence-corrected chi connectivity index (χ1v) is 9.74. The van der Waals surface area contributed by atoms with Gasteiger partial charge < -0.3 is 9.32 Å². The molecular formula is C20H16FN3O2S. The number of rotatable bonds is 2. The van der Waals surface area contributed by atoms with Crippen molar-refractivity contribution in [3.8, 4) is 0 Å². The third-order valence-corrected chi connectivity index (χ3v) is 5.93. The molecule has 1 saturated heterocycles. The van der Waals surface area contributed by atoms with Gasteiger partial charge in [0, 0.05) is 25.4 Å². The lowest BCUT2D eigenvalue weighted by Gasteiger charge is -2.31. The maximum absolute atomic E-state index is 13.4. The van der Waals surface area contributed by atoms with E-state index in [0.717, 1.165) is 22.9 Å². The minimum atomic E-state index is -0.347. The number of nitrogens with zero attached hydrogens (tertiary/aromatic N) is 3. The summed E-state index contributed by atoms with van der Waals surface area (Å²) in [5.41, 5.74) is 1.58. The van der Waals surface area contributed by atoms with Crippen LogP contribution < -0.4 is 0 Å². The molecule has 4 aromatic rings. The number of carbonyl (C=O) groups is 1. The number of amides is 1. The summed E-state index contributed by atoms with van der Waals surface area (Å²) in [7, 11) is 0. The molecule has 1 aromatic carbocycles. The molecule has 0 saturated carbocycles. The molecule has 136 valence electrons. The fourth-order valence-electron chi connectivity index (χ4n) is 3.65. The number of hydrogen-bond acceptors (Lipinski definition) is 5. The number of piperidine rings is 1. The van der Waals surface area contributed by atoms with Crippen molar-refractivity contribution in [1.82, 2.24) is 14.9 Å². The first-order chi connectivity index (χ1) is 13.2. The molecule has 27 heavy (non-hydrogen) atoms. The number of likely N-dealkylation sites (tertiary alicyclic amines) is 1. The fourth-order valence-corrected chi connectivity index (χ4v) is 4.52. The highest BCUT2D eigenvalue weighted by atomic mass is 32.1. The summed E-state index contributed by atoms with van der Waals surface area (Å²) in [6, 6.07) is 8.25. The molecule has 4 heterocycles. The predicted octanol–water partition coefficient (Wildman–Crippen LogP) is 4.60. The molecule has 1 atom stereocenters. The zero-order valence-corrected chi connectivity index (χ0v) is 15.2. The van der Waals surface area contributed by atoms with Gasteiger partial charge in [-0.15, -0.1) is 11.3 Å². The second-order valence-electron chi connectivity index (χ2n) is 6.75. The van der Waals surface area contributed by atoms with E-state index in [2.05, 4.69) is 9.97 Å². The standard InChI is InChI=1S/C20H16FN3O2S/c21-14-3-4-15-16(10-14)26-19(23-15)13-2-1-8-24(11-13)20(25)17-18-12(5-7-22-17)6-9-27-18/h3-7,9-10,13H,1-2,8,11H2/t13-/m0/s1. The molecule has 0 unspecified atom stereocenters. The average molecular weight is 381 g/mol. The molecule has 1 aliphatic rings. The maximum atomic E-state index is 13.4. The molecule has 0 bridgehead atoms. The molecule has 3 aromatic heterocycles. The van der Waals surface area contributed by atoms with Crippen LogP contribution in [-0.4, -0.2) is 33.9 Å². The molecular weight excluding hydrogens is 365 g/mol. The van der Waals surface area contributed by atoms with E-state index in [1.807, 2.05) is 22.4 Å². The van der Waals surface area contributed by atoms with Gasteiger partial charge in [-0.1, -0.05) is 0 Å². The average Bonchev–Trinajstić information content (AvgIpc) is 3.33. The summed E-state index contributed by atoms with van der Waals surface area (Å²) in [5.74, 6) is 0.159. The monoisotopic (exact) mass is 381 g/mol. The SMILES string of the molecule is O=C(c1nccc2ccsc12)N1CCC[C@H](c2nc3ccc(F)cc3o2)C1. The fraction of sp³-hybridized carbons (Fsp3) is 0.250. The Morgan fingerprint density at radius 3 is 3.15 bits per heavy atom. The van der Waals surface area contributed by atoms with Crippen LogP contribution in [0, 0.1) is 5.82 Å². The molecule has 0 N–H and O–H groups in total. The Balaban J connectivity index is 1.43. The summed E-state index contributed by atoms with van der Waals surface area (Å²) < 4.78 is 20.1. The Kier molecular flexibility index (Phi) is 3.89. The number of fused-ring (bicyclic) bond motifs is 2. The number of pyridine rings is 1. The first kappa shape index (κ1) is 16.4. The summed E-state index contributed by atoms with van der Waals surface area (Å²) in [5, 5.41) is 3.01. The number of aromatic nitrogens is 2. The Morgan fingerprint density at radius 1 is 1.30 bits per heavy atom. The van der Waals surface area contributed by atoms with Gasteiger partial charge in [-0.25, -0.2) is 14.4 Å².